The van der Waals surface area contributed by atoms with E-state index >= 15 is 0 Å². The molecule has 1 saturated heterocycles. The molecule has 0 amide bonds. The average molecular weight is 277 g/mol. The van der Waals surface area contributed by atoms with Gasteiger partial charge in [-0.25, -0.2) is 0 Å². The van der Waals surface area contributed by atoms with Gasteiger partial charge in [0.15, 0.2) is 0 Å². The summed E-state index contributed by atoms with van der Waals surface area (Å²) in [5, 5.41) is 3.54. The van der Waals surface area contributed by atoms with Crippen LogP contribution >= 0.6 is 12.2 Å². The topological polar surface area (TPSA) is 41.3 Å². The molecule has 2 rings (SSSR count). The SMILES string of the molecule is Cc1ccc(NC(C)CN2CCCC2)c(C(N)=S)c1. The van der Waals surface area contributed by atoms with E-state index in [1.54, 1.807) is 0 Å². The normalized spacial score (nSPS) is 17.4. The second-order valence-corrected chi connectivity index (χ2v) is 5.91. The van der Waals surface area contributed by atoms with Gasteiger partial charge in [0.2, 0.25) is 0 Å². The van der Waals surface area contributed by atoms with Gasteiger partial charge in [0.25, 0.3) is 0 Å². The van der Waals surface area contributed by atoms with Gasteiger partial charge in [0.05, 0.1) is 0 Å². The fourth-order valence-electron chi connectivity index (χ4n) is 2.65. The summed E-state index contributed by atoms with van der Waals surface area (Å²) in [5.74, 6) is 0. The van der Waals surface area contributed by atoms with Crippen LogP contribution in [0.4, 0.5) is 5.69 Å². The first-order valence-electron chi connectivity index (χ1n) is 6.95. The average Bonchev–Trinajstić information content (AvgIpc) is 2.83. The van der Waals surface area contributed by atoms with Crippen molar-refractivity contribution >= 4 is 22.9 Å². The largest absolute Gasteiger partial charge is 0.389 e. The summed E-state index contributed by atoms with van der Waals surface area (Å²) in [7, 11) is 0. The van der Waals surface area contributed by atoms with Crippen molar-refractivity contribution in [2.45, 2.75) is 32.7 Å². The minimum absolute atomic E-state index is 0.397. The highest BCUT2D eigenvalue weighted by molar-refractivity contribution is 7.80. The van der Waals surface area contributed by atoms with Gasteiger partial charge >= 0.3 is 0 Å². The van der Waals surface area contributed by atoms with E-state index in [2.05, 4.69) is 36.2 Å². The molecule has 0 radical (unpaired) electrons. The number of aryl methyl sites for hydroxylation is 1. The van der Waals surface area contributed by atoms with Gasteiger partial charge in [-0.15, -0.1) is 0 Å². The van der Waals surface area contributed by atoms with Crippen molar-refractivity contribution in [2.75, 3.05) is 25.0 Å². The van der Waals surface area contributed by atoms with Crippen molar-refractivity contribution in [3.63, 3.8) is 0 Å². The van der Waals surface area contributed by atoms with Gasteiger partial charge in [-0.1, -0.05) is 23.8 Å². The standard InChI is InChI=1S/C15H23N3S/c1-11-5-6-14(13(9-11)15(16)19)17-12(2)10-18-7-3-4-8-18/h5-6,9,12,17H,3-4,7-8,10H2,1-2H3,(H2,16,19). The number of anilines is 1. The molecule has 4 heteroatoms. The first kappa shape index (κ1) is 14.3. The Hall–Kier alpha value is -1.13. The predicted octanol–water partition coefficient (Wildman–Crippen LogP) is 2.53. The molecule has 1 atom stereocenters. The lowest BCUT2D eigenvalue weighted by Gasteiger charge is -2.23. The lowest BCUT2D eigenvalue weighted by Crippen LogP contribution is -2.33. The maximum Gasteiger partial charge on any atom is 0.106 e. The van der Waals surface area contributed by atoms with Crippen LogP contribution in [0.3, 0.4) is 0 Å². The van der Waals surface area contributed by atoms with E-state index in [4.69, 9.17) is 18.0 Å². The quantitative estimate of drug-likeness (QED) is 0.812. The zero-order chi connectivity index (χ0) is 13.8. The minimum atomic E-state index is 0.397. The highest BCUT2D eigenvalue weighted by Crippen LogP contribution is 2.19. The van der Waals surface area contributed by atoms with Crippen LogP contribution in [0.5, 0.6) is 0 Å². The maximum absolute atomic E-state index is 5.80. The Morgan fingerprint density at radius 1 is 1.42 bits per heavy atom. The van der Waals surface area contributed by atoms with Crippen molar-refractivity contribution in [3.05, 3.63) is 29.3 Å². The first-order chi connectivity index (χ1) is 9.06. The molecule has 0 aliphatic carbocycles. The van der Waals surface area contributed by atoms with Crippen LogP contribution < -0.4 is 11.1 Å². The Bertz CT molecular complexity index is 453. The number of likely N-dealkylation sites (tertiary alicyclic amines) is 1. The monoisotopic (exact) mass is 277 g/mol. The minimum Gasteiger partial charge on any atom is -0.389 e. The van der Waals surface area contributed by atoms with Gasteiger partial charge in [0, 0.05) is 23.8 Å². The van der Waals surface area contributed by atoms with E-state index in [1.807, 2.05) is 6.07 Å². The summed E-state index contributed by atoms with van der Waals surface area (Å²) in [4.78, 5) is 2.96. The van der Waals surface area contributed by atoms with Gasteiger partial charge in [-0.2, -0.15) is 0 Å². The molecule has 104 valence electrons. The van der Waals surface area contributed by atoms with Crippen LogP contribution in [0.15, 0.2) is 18.2 Å². The van der Waals surface area contributed by atoms with E-state index in [1.165, 1.54) is 31.5 Å². The number of hydrogen-bond donors (Lipinski definition) is 2. The van der Waals surface area contributed by atoms with Crippen molar-refractivity contribution in [1.29, 1.82) is 0 Å². The molecule has 3 N–H and O–H groups in total. The maximum atomic E-state index is 5.80. The molecule has 1 heterocycles. The number of benzene rings is 1. The van der Waals surface area contributed by atoms with E-state index in [-0.39, 0.29) is 0 Å². The van der Waals surface area contributed by atoms with Crippen LogP contribution in [0.1, 0.15) is 30.9 Å². The molecular formula is C15H23N3S. The third-order valence-corrected chi connectivity index (χ3v) is 3.79. The fraction of sp³-hybridized carbons (Fsp3) is 0.533. The molecule has 1 aromatic carbocycles. The summed E-state index contributed by atoms with van der Waals surface area (Å²) >= 11 is 5.13. The summed E-state index contributed by atoms with van der Waals surface area (Å²) in [6.07, 6.45) is 2.66. The van der Waals surface area contributed by atoms with Crippen molar-refractivity contribution in [2.24, 2.45) is 5.73 Å². The van der Waals surface area contributed by atoms with Crippen LogP contribution in [-0.2, 0) is 0 Å². The van der Waals surface area contributed by atoms with E-state index in [9.17, 15) is 0 Å². The van der Waals surface area contributed by atoms with Crippen LogP contribution in [0.25, 0.3) is 0 Å². The summed E-state index contributed by atoms with van der Waals surface area (Å²) in [6.45, 7) is 7.79. The van der Waals surface area contributed by atoms with Crippen LogP contribution in [0, 0.1) is 6.92 Å². The molecular weight excluding hydrogens is 254 g/mol. The fourth-order valence-corrected chi connectivity index (χ4v) is 2.82. The Balaban J connectivity index is 2.03. The molecule has 1 fully saturated rings. The van der Waals surface area contributed by atoms with Crippen LogP contribution in [-0.4, -0.2) is 35.6 Å². The zero-order valence-electron chi connectivity index (χ0n) is 11.8. The van der Waals surface area contributed by atoms with Gasteiger partial charge in [-0.05, 0) is 51.9 Å². The Morgan fingerprint density at radius 2 is 2.11 bits per heavy atom. The summed E-state index contributed by atoms with van der Waals surface area (Å²) < 4.78 is 0. The third kappa shape index (κ3) is 3.91. The molecule has 3 nitrogen and oxygen atoms in total. The van der Waals surface area contributed by atoms with Gasteiger partial charge < -0.3 is 16.0 Å². The third-order valence-electron chi connectivity index (χ3n) is 3.57. The zero-order valence-corrected chi connectivity index (χ0v) is 12.6. The molecule has 19 heavy (non-hydrogen) atoms. The number of nitrogens with zero attached hydrogens (tertiary/aromatic N) is 1. The number of nitrogens with two attached hydrogens (primary N) is 1. The van der Waals surface area contributed by atoms with Crippen molar-refractivity contribution in [3.8, 4) is 0 Å². The van der Waals surface area contributed by atoms with E-state index < -0.39 is 0 Å². The second-order valence-electron chi connectivity index (χ2n) is 5.47. The van der Waals surface area contributed by atoms with Gasteiger partial charge in [-0.3, -0.25) is 0 Å². The van der Waals surface area contributed by atoms with Gasteiger partial charge in [0.1, 0.15) is 4.99 Å². The molecule has 0 bridgehead atoms. The molecule has 0 aromatic heterocycles. The number of nitrogens with one attached hydrogen (secondary N) is 1. The second kappa shape index (κ2) is 6.35. The molecule has 1 unspecified atom stereocenters. The van der Waals surface area contributed by atoms with Crippen molar-refractivity contribution in [1.82, 2.24) is 4.90 Å². The van der Waals surface area contributed by atoms with Crippen molar-refractivity contribution < 1.29 is 0 Å². The molecule has 1 aliphatic heterocycles. The summed E-state index contributed by atoms with van der Waals surface area (Å²) in [5.41, 5.74) is 8.98. The smallest absolute Gasteiger partial charge is 0.106 e. The first-order valence-corrected chi connectivity index (χ1v) is 7.36. The lowest BCUT2D eigenvalue weighted by atomic mass is 10.1. The number of thiocarbonyl (C=S) groups is 1. The molecule has 1 aliphatic rings. The van der Waals surface area contributed by atoms with E-state index in [0.717, 1.165) is 17.8 Å². The predicted molar refractivity (Wildman–Crippen MR) is 85.8 cm³/mol. The lowest BCUT2D eigenvalue weighted by molar-refractivity contribution is 0.328. The molecule has 1 aromatic rings. The Labute approximate surface area is 121 Å². The highest BCUT2D eigenvalue weighted by Gasteiger charge is 2.15. The van der Waals surface area contributed by atoms with E-state index in [0.29, 0.717) is 11.0 Å². The summed E-state index contributed by atoms with van der Waals surface area (Å²) in [6, 6.07) is 6.61. The number of rotatable bonds is 5. The number of hydrogen-bond acceptors (Lipinski definition) is 3. The van der Waals surface area contributed by atoms with Crippen LogP contribution in [0.2, 0.25) is 0 Å². The Morgan fingerprint density at radius 3 is 2.74 bits per heavy atom. The Kier molecular flexibility index (Phi) is 4.77. The highest BCUT2D eigenvalue weighted by atomic mass is 32.1. The molecule has 0 saturated carbocycles. The molecule has 0 spiro atoms.